The zero-order chi connectivity index (χ0) is 8.27. The van der Waals surface area contributed by atoms with Gasteiger partial charge in [0.2, 0.25) is 0 Å². The minimum absolute atomic E-state index is 0.627. The Morgan fingerprint density at radius 1 is 1.55 bits per heavy atom. The van der Waals surface area contributed by atoms with Crippen LogP contribution in [0.1, 0.15) is 0 Å². The Hall–Kier alpha value is -1.23. The van der Waals surface area contributed by atoms with Gasteiger partial charge >= 0.3 is 0 Å². The van der Waals surface area contributed by atoms with Gasteiger partial charge in [0.25, 0.3) is 0 Å². The highest BCUT2D eigenvalue weighted by Gasteiger charge is 2.13. The molecule has 5 nitrogen and oxygen atoms in total. The van der Waals surface area contributed by atoms with Gasteiger partial charge in [0.1, 0.15) is 5.71 Å². The van der Waals surface area contributed by atoms with E-state index in [1.165, 1.54) is 0 Å². The molecule has 11 heavy (non-hydrogen) atoms. The molecule has 0 amide bonds. The molecule has 0 aromatic rings. The molecule has 1 rings (SSSR count). The van der Waals surface area contributed by atoms with E-state index in [9.17, 15) is 0 Å². The Morgan fingerprint density at radius 3 is 2.82 bits per heavy atom. The van der Waals surface area contributed by atoms with E-state index in [-0.39, 0.29) is 0 Å². The van der Waals surface area contributed by atoms with Crippen molar-refractivity contribution in [3.05, 3.63) is 0 Å². The largest absolute Gasteiger partial charge is 0.334 e. The van der Waals surface area contributed by atoms with Crippen LogP contribution in [0.3, 0.4) is 0 Å². The van der Waals surface area contributed by atoms with E-state index in [1.807, 2.05) is 0 Å². The molecule has 1 aliphatic heterocycles. The highest BCUT2D eigenvalue weighted by Crippen LogP contribution is 1.90. The Labute approximate surface area is 65.1 Å². The number of hydrogen-bond acceptors (Lipinski definition) is 3. The van der Waals surface area contributed by atoms with Crippen LogP contribution in [0.25, 0.3) is 0 Å². The summed E-state index contributed by atoms with van der Waals surface area (Å²) in [5.74, 6) is 0.627. The van der Waals surface area contributed by atoms with Crippen LogP contribution in [-0.2, 0) is 0 Å². The van der Waals surface area contributed by atoms with Crippen molar-refractivity contribution in [2.24, 2.45) is 15.0 Å². The van der Waals surface area contributed by atoms with E-state index in [0.29, 0.717) is 11.5 Å². The second kappa shape index (κ2) is 3.25. The van der Waals surface area contributed by atoms with Gasteiger partial charge in [-0.3, -0.25) is 15.0 Å². The third kappa shape index (κ3) is 1.62. The van der Waals surface area contributed by atoms with Crippen molar-refractivity contribution in [3.8, 4) is 0 Å². The fraction of sp³-hybridized carbons (Fsp3) is 0.500. The molecule has 1 heterocycles. The second-order valence-electron chi connectivity index (χ2n) is 2.01. The van der Waals surface area contributed by atoms with Crippen LogP contribution < -0.4 is 11.1 Å². The average molecular weight is 152 g/mol. The maximum atomic E-state index is 7.23. The molecule has 0 saturated carbocycles. The number of nitrogens with zero attached hydrogens (tertiary/aromatic N) is 3. The lowest BCUT2D eigenvalue weighted by atomic mass is 10.3. The van der Waals surface area contributed by atoms with Crippen molar-refractivity contribution in [2.45, 2.75) is 6.29 Å². The highest BCUT2D eigenvalue weighted by molar-refractivity contribution is 6.62. The predicted molar refractivity (Wildman–Crippen MR) is 45.2 cm³/mol. The van der Waals surface area contributed by atoms with E-state index < -0.39 is 6.29 Å². The predicted octanol–water partition coefficient (Wildman–Crippen LogP) is -0.674. The normalized spacial score (nSPS) is 31.0. The van der Waals surface area contributed by atoms with Crippen molar-refractivity contribution in [1.82, 2.24) is 11.1 Å². The molecule has 1 unspecified atom stereocenters. The lowest BCUT2D eigenvalue weighted by Crippen LogP contribution is -2.44. The number of aliphatic imine (C=N–C) groups is 3. The Morgan fingerprint density at radius 2 is 2.27 bits per heavy atom. The quantitative estimate of drug-likeness (QED) is 0.491. The van der Waals surface area contributed by atoms with Gasteiger partial charge in [0, 0.05) is 14.1 Å². The zero-order valence-electron chi connectivity index (χ0n) is 6.50. The maximum Gasteiger partial charge on any atom is 0.187 e. The lowest BCUT2D eigenvalue weighted by Gasteiger charge is -2.16. The minimum atomic E-state index is -0.640. The first kappa shape index (κ1) is 7.87. The van der Waals surface area contributed by atoms with Gasteiger partial charge in [0.15, 0.2) is 12.1 Å². The number of amidine groups is 1. The summed E-state index contributed by atoms with van der Waals surface area (Å²) in [4.78, 5) is 11.6. The molecule has 1 aliphatic rings. The van der Waals surface area contributed by atoms with E-state index in [0.717, 1.165) is 0 Å². The minimum Gasteiger partial charge on any atom is -0.334 e. The molecule has 0 aliphatic carbocycles. The third-order valence-electron chi connectivity index (χ3n) is 1.33. The van der Waals surface area contributed by atoms with Crippen molar-refractivity contribution in [2.75, 3.05) is 14.1 Å². The molecule has 0 spiro atoms. The second-order valence-corrected chi connectivity index (χ2v) is 2.01. The summed E-state index contributed by atoms with van der Waals surface area (Å²) in [5, 5.41) is 2.75. The van der Waals surface area contributed by atoms with Crippen molar-refractivity contribution in [3.63, 3.8) is 0 Å². The van der Waals surface area contributed by atoms with E-state index >= 15 is 0 Å². The highest BCUT2D eigenvalue weighted by atomic mass is 15.2. The number of nitrogens with one attached hydrogen (secondary N) is 2. The Bertz CT molecular complexity index is 227. The van der Waals surface area contributed by atoms with Gasteiger partial charge in [-0.25, -0.2) is 5.73 Å². The smallest absolute Gasteiger partial charge is 0.187 e. The van der Waals surface area contributed by atoms with E-state index in [4.69, 9.17) is 5.73 Å². The summed E-state index contributed by atoms with van der Waals surface area (Å²) >= 11 is 0. The van der Waals surface area contributed by atoms with Crippen LogP contribution >= 0.6 is 0 Å². The molecule has 2 N–H and O–H groups in total. The zero-order valence-corrected chi connectivity index (χ0v) is 6.50. The first-order valence-corrected chi connectivity index (χ1v) is 3.22. The van der Waals surface area contributed by atoms with Gasteiger partial charge in [-0.1, -0.05) is 0 Å². The standard InChI is InChI=1S/C6H10N5/c1-8-4-3-10-6(7)11-5(4)9-2/h3,6-7H,1-2H3,(H,9,11). The Balaban J connectivity index is 2.90. The molecule has 0 bridgehead atoms. The first-order chi connectivity index (χ1) is 5.27. The van der Waals surface area contributed by atoms with E-state index in [2.05, 4.69) is 20.3 Å². The van der Waals surface area contributed by atoms with Crippen LogP contribution in [0.15, 0.2) is 15.0 Å². The average Bonchev–Trinajstić information content (AvgIpc) is 2.04. The van der Waals surface area contributed by atoms with Crippen LogP contribution in [-0.4, -0.2) is 38.1 Å². The third-order valence-corrected chi connectivity index (χ3v) is 1.33. The molecule has 1 radical (unpaired) electrons. The van der Waals surface area contributed by atoms with E-state index in [1.54, 1.807) is 20.3 Å². The van der Waals surface area contributed by atoms with Crippen LogP contribution in [0.4, 0.5) is 0 Å². The van der Waals surface area contributed by atoms with Gasteiger partial charge in [-0.15, -0.1) is 0 Å². The van der Waals surface area contributed by atoms with Crippen LogP contribution in [0.2, 0.25) is 0 Å². The monoisotopic (exact) mass is 152 g/mol. The molecule has 5 heteroatoms. The first-order valence-electron chi connectivity index (χ1n) is 3.22. The summed E-state index contributed by atoms with van der Waals surface area (Å²) in [6.45, 7) is 0. The fourth-order valence-corrected chi connectivity index (χ4v) is 0.790. The van der Waals surface area contributed by atoms with Gasteiger partial charge in [-0.2, -0.15) is 0 Å². The summed E-state index contributed by atoms with van der Waals surface area (Å²) < 4.78 is 0. The van der Waals surface area contributed by atoms with Gasteiger partial charge in [-0.05, 0) is 0 Å². The topological polar surface area (TPSA) is 72.9 Å². The number of hydrogen-bond donors (Lipinski definition) is 1. The number of rotatable bonds is 0. The summed E-state index contributed by atoms with van der Waals surface area (Å²) in [6.07, 6.45) is 0.912. The summed E-state index contributed by atoms with van der Waals surface area (Å²) in [5.41, 5.74) is 7.92. The summed E-state index contributed by atoms with van der Waals surface area (Å²) in [7, 11) is 3.32. The van der Waals surface area contributed by atoms with Gasteiger partial charge in [0.05, 0.1) is 6.21 Å². The molecule has 59 valence electrons. The molecule has 1 atom stereocenters. The SMILES string of the molecule is CN=C1C=NC([NH])NC1=NC. The van der Waals surface area contributed by atoms with Crippen LogP contribution in [0.5, 0.6) is 0 Å². The maximum absolute atomic E-state index is 7.23. The molecule has 0 saturated heterocycles. The van der Waals surface area contributed by atoms with Crippen molar-refractivity contribution < 1.29 is 0 Å². The molecule has 0 aromatic heterocycles. The van der Waals surface area contributed by atoms with Crippen molar-refractivity contribution in [1.29, 1.82) is 0 Å². The lowest BCUT2D eigenvalue weighted by molar-refractivity contribution is 0.649. The molecular formula is C6H10N5. The molecular weight excluding hydrogens is 142 g/mol. The van der Waals surface area contributed by atoms with Gasteiger partial charge < -0.3 is 5.32 Å². The fourth-order valence-electron chi connectivity index (χ4n) is 0.790. The molecule has 0 aromatic carbocycles. The summed E-state index contributed by atoms with van der Waals surface area (Å²) in [6, 6.07) is 0. The molecule has 0 fully saturated rings. The van der Waals surface area contributed by atoms with Crippen molar-refractivity contribution >= 4 is 17.8 Å². The van der Waals surface area contributed by atoms with Crippen LogP contribution in [0, 0.1) is 0 Å². The Kier molecular flexibility index (Phi) is 2.32.